The fraction of sp³-hybridized carbons (Fsp3) is 1.00. The van der Waals surface area contributed by atoms with E-state index in [1.165, 1.54) is 51.6 Å². The molecule has 0 aromatic rings. The molecule has 0 saturated carbocycles. The molecule has 0 aliphatic carbocycles. The number of hydrogen-bond acceptors (Lipinski definition) is 3. The molecule has 3 nitrogen and oxygen atoms in total. The summed E-state index contributed by atoms with van der Waals surface area (Å²) in [6, 6.07) is 0.780. The van der Waals surface area contributed by atoms with E-state index < -0.39 is 0 Å². The molecule has 2 unspecified atom stereocenters. The number of hydrogen-bond donors (Lipinski definition) is 1. The van der Waals surface area contributed by atoms with Gasteiger partial charge in [0.2, 0.25) is 0 Å². The van der Waals surface area contributed by atoms with Crippen molar-refractivity contribution in [1.29, 1.82) is 0 Å². The van der Waals surface area contributed by atoms with Crippen LogP contribution in [0.3, 0.4) is 0 Å². The van der Waals surface area contributed by atoms with E-state index in [0.717, 1.165) is 19.2 Å². The second-order valence-corrected chi connectivity index (χ2v) is 5.26. The van der Waals surface area contributed by atoms with Crippen molar-refractivity contribution in [2.45, 2.75) is 50.7 Å². The second kappa shape index (κ2) is 6.58. The molecule has 2 heterocycles. The van der Waals surface area contributed by atoms with Gasteiger partial charge in [0, 0.05) is 19.2 Å². The Morgan fingerprint density at radius 1 is 1.31 bits per heavy atom. The summed E-state index contributed by atoms with van der Waals surface area (Å²) >= 11 is 0. The van der Waals surface area contributed by atoms with Crippen LogP contribution in [0.5, 0.6) is 0 Å². The lowest BCUT2D eigenvalue weighted by atomic mass is 10.1. The van der Waals surface area contributed by atoms with Crippen molar-refractivity contribution in [3.63, 3.8) is 0 Å². The maximum atomic E-state index is 5.61. The lowest BCUT2D eigenvalue weighted by molar-refractivity contribution is 0.102. The number of likely N-dealkylation sites (N-methyl/N-ethyl adjacent to an activating group) is 1. The summed E-state index contributed by atoms with van der Waals surface area (Å²) in [5.74, 6) is 0. The van der Waals surface area contributed by atoms with Crippen LogP contribution in [0, 0.1) is 0 Å². The van der Waals surface area contributed by atoms with Crippen molar-refractivity contribution in [2.24, 2.45) is 0 Å². The van der Waals surface area contributed by atoms with Gasteiger partial charge >= 0.3 is 0 Å². The molecule has 2 aliphatic rings. The highest BCUT2D eigenvalue weighted by atomic mass is 16.5. The molecule has 2 aliphatic heterocycles. The zero-order valence-electron chi connectivity index (χ0n) is 10.6. The summed E-state index contributed by atoms with van der Waals surface area (Å²) < 4.78 is 5.61. The van der Waals surface area contributed by atoms with Gasteiger partial charge in [-0.05, 0) is 58.7 Å². The maximum absolute atomic E-state index is 5.61. The monoisotopic (exact) mass is 226 g/mol. The van der Waals surface area contributed by atoms with Gasteiger partial charge < -0.3 is 15.0 Å². The Kier molecular flexibility index (Phi) is 5.07. The SMILES string of the molecule is CN1CCCC1CNCCCC1CCCO1. The molecule has 0 spiro atoms. The quantitative estimate of drug-likeness (QED) is 0.697. The normalized spacial score (nSPS) is 31.3. The summed E-state index contributed by atoms with van der Waals surface area (Å²) in [6.07, 6.45) is 8.37. The van der Waals surface area contributed by atoms with Crippen LogP contribution < -0.4 is 5.32 Å². The molecule has 0 radical (unpaired) electrons. The van der Waals surface area contributed by atoms with Gasteiger partial charge in [-0.25, -0.2) is 0 Å². The van der Waals surface area contributed by atoms with E-state index in [-0.39, 0.29) is 0 Å². The van der Waals surface area contributed by atoms with Crippen molar-refractivity contribution in [2.75, 3.05) is 33.3 Å². The van der Waals surface area contributed by atoms with Gasteiger partial charge in [0.05, 0.1) is 6.10 Å². The largest absolute Gasteiger partial charge is 0.378 e. The van der Waals surface area contributed by atoms with Gasteiger partial charge in [-0.3, -0.25) is 0 Å². The molecule has 0 aromatic carbocycles. The molecule has 3 heteroatoms. The summed E-state index contributed by atoms with van der Waals surface area (Å²) in [4.78, 5) is 2.48. The average molecular weight is 226 g/mol. The maximum Gasteiger partial charge on any atom is 0.0576 e. The van der Waals surface area contributed by atoms with E-state index in [4.69, 9.17) is 4.74 Å². The first-order valence-corrected chi connectivity index (χ1v) is 6.89. The second-order valence-electron chi connectivity index (χ2n) is 5.26. The molecule has 0 bridgehead atoms. The molecule has 0 amide bonds. The van der Waals surface area contributed by atoms with Gasteiger partial charge in [-0.15, -0.1) is 0 Å². The number of rotatable bonds is 6. The van der Waals surface area contributed by atoms with Crippen LogP contribution >= 0.6 is 0 Å². The molecule has 2 saturated heterocycles. The van der Waals surface area contributed by atoms with Crippen molar-refractivity contribution < 1.29 is 4.74 Å². The summed E-state index contributed by atoms with van der Waals surface area (Å²) in [7, 11) is 2.24. The van der Waals surface area contributed by atoms with Crippen molar-refractivity contribution >= 4 is 0 Å². The predicted octanol–water partition coefficient (Wildman–Crippen LogP) is 1.63. The van der Waals surface area contributed by atoms with E-state index in [2.05, 4.69) is 17.3 Å². The van der Waals surface area contributed by atoms with Crippen molar-refractivity contribution in [3.05, 3.63) is 0 Å². The van der Waals surface area contributed by atoms with Crippen LogP contribution in [0.4, 0.5) is 0 Å². The minimum atomic E-state index is 0.566. The lowest BCUT2D eigenvalue weighted by Crippen LogP contribution is -2.35. The predicted molar refractivity (Wildman–Crippen MR) is 66.7 cm³/mol. The number of nitrogens with zero attached hydrogens (tertiary/aromatic N) is 1. The molecule has 94 valence electrons. The van der Waals surface area contributed by atoms with Gasteiger partial charge in [0.25, 0.3) is 0 Å². The Labute approximate surface area is 99.5 Å². The summed E-state index contributed by atoms with van der Waals surface area (Å²) in [5, 5.41) is 3.58. The highest BCUT2D eigenvalue weighted by Gasteiger charge is 2.20. The van der Waals surface area contributed by atoms with E-state index in [0.29, 0.717) is 6.10 Å². The van der Waals surface area contributed by atoms with Crippen LogP contribution in [-0.4, -0.2) is 50.3 Å². The van der Waals surface area contributed by atoms with E-state index in [9.17, 15) is 0 Å². The first-order valence-electron chi connectivity index (χ1n) is 6.89. The van der Waals surface area contributed by atoms with Crippen LogP contribution in [0.1, 0.15) is 38.5 Å². The molecule has 2 atom stereocenters. The van der Waals surface area contributed by atoms with Gasteiger partial charge in [-0.1, -0.05) is 0 Å². The summed E-state index contributed by atoms with van der Waals surface area (Å²) in [5.41, 5.74) is 0. The minimum absolute atomic E-state index is 0.566. The van der Waals surface area contributed by atoms with Gasteiger partial charge in [0.15, 0.2) is 0 Å². The molecule has 16 heavy (non-hydrogen) atoms. The Morgan fingerprint density at radius 3 is 2.94 bits per heavy atom. The third-order valence-electron chi connectivity index (χ3n) is 3.96. The fourth-order valence-corrected chi connectivity index (χ4v) is 2.83. The topological polar surface area (TPSA) is 24.5 Å². The molecular weight excluding hydrogens is 200 g/mol. The van der Waals surface area contributed by atoms with Crippen molar-refractivity contribution in [3.8, 4) is 0 Å². The molecule has 1 N–H and O–H groups in total. The zero-order valence-corrected chi connectivity index (χ0v) is 10.6. The fourth-order valence-electron chi connectivity index (χ4n) is 2.83. The van der Waals surface area contributed by atoms with Crippen LogP contribution in [0.2, 0.25) is 0 Å². The minimum Gasteiger partial charge on any atom is -0.378 e. The lowest BCUT2D eigenvalue weighted by Gasteiger charge is -2.19. The molecule has 2 rings (SSSR count). The third kappa shape index (κ3) is 3.72. The Balaban J connectivity index is 1.45. The van der Waals surface area contributed by atoms with Crippen LogP contribution in [-0.2, 0) is 4.74 Å². The third-order valence-corrected chi connectivity index (χ3v) is 3.96. The molecular formula is C13H26N2O. The first kappa shape index (κ1) is 12.3. The Bertz CT molecular complexity index is 192. The van der Waals surface area contributed by atoms with Crippen LogP contribution in [0.15, 0.2) is 0 Å². The van der Waals surface area contributed by atoms with Gasteiger partial charge in [-0.2, -0.15) is 0 Å². The molecule has 2 fully saturated rings. The van der Waals surface area contributed by atoms with Crippen LogP contribution in [0.25, 0.3) is 0 Å². The van der Waals surface area contributed by atoms with Gasteiger partial charge in [0.1, 0.15) is 0 Å². The number of likely N-dealkylation sites (tertiary alicyclic amines) is 1. The molecule has 0 aromatic heterocycles. The Morgan fingerprint density at radius 2 is 2.25 bits per heavy atom. The summed E-state index contributed by atoms with van der Waals surface area (Å²) in [6.45, 7) is 4.60. The first-order chi connectivity index (χ1) is 7.86. The number of nitrogens with one attached hydrogen (secondary N) is 1. The number of ether oxygens (including phenoxy) is 1. The highest BCUT2D eigenvalue weighted by molar-refractivity contribution is 4.78. The van der Waals surface area contributed by atoms with E-state index in [1.54, 1.807) is 0 Å². The zero-order chi connectivity index (χ0) is 11.2. The smallest absolute Gasteiger partial charge is 0.0576 e. The highest BCUT2D eigenvalue weighted by Crippen LogP contribution is 2.16. The Hall–Kier alpha value is -0.120. The van der Waals surface area contributed by atoms with Crippen molar-refractivity contribution in [1.82, 2.24) is 10.2 Å². The van der Waals surface area contributed by atoms with E-state index >= 15 is 0 Å². The van der Waals surface area contributed by atoms with E-state index in [1.807, 2.05) is 0 Å². The average Bonchev–Trinajstić information content (AvgIpc) is 2.90. The standard InChI is InChI=1S/C13H26N2O/c1-15-9-3-5-12(15)11-14-8-2-6-13-7-4-10-16-13/h12-14H,2-11H2,1H3.